The first-order chi connectivity index (χ1) is 15.8. The largest absolute Gasteiger partial charge is 0.497 e. The van der Waals surface area contributed by atoms with E-state index in [2.05, 4.69) is 0 Å². The number of hydrogen-bond acceptors (Lipinski definition) is 9. The number of anilines is 1. The SMILES string of the molecule is COC(=O)[C@@H]1N(c2ccc(OC)cc2)[C@H](C(=O)OC)S[C@@]12SC(c1ccccc1)=NC2(C)C. The minimum atomic E-state index is -0.829. The van der Waals surface area contributed by atoms with Crippen LogP contribution in [0, 0.1) is 0 Å². The molecular weight excluding hydrogens is 460 g/mol. The normalized spacial score (nSPS) is 25.6. The summed E-state index contributed by atoms with van der Waals surface area (Å²) >= 11 is 2.90. The van der Waals surface area contributed by atoms with Crippen molar-refractivity contribution >= 4 is 46.2 Å². The Morgan fingerprint density at radius 2 is 1.58 bits per heavy atom. The molecule has 1 spiro atoms. The highest BCUT2D eigenvalue weighted by atomic mass is 32.2. The van der Waals surface area contributed by atoms with Crippen molar-refractivity contribution in [3.63, 3.8) is 0 Å². The molecule has 0 saturated carbocycles. The molecule has 7 nitrogen and oxygen atoms in total. The molecule has 3 atom stereocenters. The van der Waals surface area contributed by atoms with Gasteiger partial charge < -0.3 is 19.1 Å². The Morgan fingerprint density at radius 1 is 0.939 bits per heavy atom. The molecule has 9 heteroatoms. The van der Waals surface area contributed by atoms with Crippen molar-refractivity contribution < 1.29 is 23.8 Å². The molecule has 2 aliphatic rings. The van der Waals surface area contributed by atoms with Gasteiger partial charge in [-0.05, 0) is 38.1 Å². The second-order valence-corrected chi connectivity index (χ2v) is 11.0. The Hall–Kier alpha value is -2.65. The van der Waals surface area contributed by atoms with Crippen LogP contribution in [0.4, 0.5) is 5.69 Å². The molecule has 0 bridgehead atoms. The molecule has 2 aliphatic heterocycles. The smallest absolute Gasteiger partial charge is 0.339 e. The lowest BCUT2D eigenvalue weighted by Gasteiger charge is -2.39. The van der Waals surface area contributed by atoms with Gasteiger partial charge in [-0.2, -0.15) is 0 Å². The monoisotopic (exact) mass is 486 g/mol. The molecule has 2 heterocycles. The minimum absolute atomic E-state index is 0.435. The summed E-state index contributed by atoms with van der Waals surface area (Å²) < 4.78 is 14.9. The summed E-state index contributed by atoms with van der Waals surface area (Å²) in [6.07, 6.45) is 0. The molecule has 0 amide bonds. The fourth-order valence-electron chi connectivity index (χ4n) is 4.17. The van der Waals surface area contributed by atoms with Gasteiger partial charge in [0, 0.05) is 11.3 Å². The highest BCUT2D eigenvalue weighted by Gasteiger charge is 2.68. The van der Waals surface area contributed by atoms with Crippen molar-refractivity contribution in [1.29, 1.82) is 0 Å². The average Bonchev–Trinajstić information content (AvgIpc) is 3.33. The van der Waals surface area contributed by atoms with E-state index in [1.807, 2.05) is 56.3 Å². The second kappa shape index (κ2) is 8.95. The number of hydrogen-bond donors (Lipinski definition) is 0. The maximum absolute atomic E-state index is 13.4. The van der Waals surface area contributed by atoms with Crippen LogP contribution >= 0.6 is 23.5 Å². The fourth-order valence-corrected chi connectivity index (χ4v) is 7.86. The van der Waals surface area contributed by atoms with Crippen LogP contribution in [0.3, 0.4) is 0 Å². The van der Waals surface area contributed by atoms with Gasteiger partial charge in [-0.25, -0.2) is 9.59 Å². The van der Waals surface area contributed by atoms with Crippen LogP contribution in [0.2, 0.25) is 0 Å². The maximum atomic E-state index is 13.4. The van der Waals surface area contributed by atoms with Crippen molar-refractivity contribution in [1.82, 2.24) is 0 Å². The lowest BCUT2D eigenvalue weighted by atomic mass is 9.93. The number of aliphatic imine (C=N–C) groups is 1. The van der Waals surface area contributed by atoms with Crippen LogP contribution in [0.15, 0.2) is 59.6 Å². The minimum Gasteiger partial charge on any atom is -0.497 e. The van der Waals surface area contributed by atoms with E-state index in [9.17, 15) is 9.59 Å². The zero-order chi connectivity index (χ0) is 23.8. The average molecular weight is 487 g/mol. The Bertz CT molecular complexity index is 1070. The van der Waals surface area contributed by atoms with Gasteiger partial charge in [0.1, 0.15) is 9.83 Å². The summed E-state index contributed by atoms with van der Waals surface area (Å²) in [4.78, 5) is 33.1. The van der Waals surface area contributed by atoms with E-state index in [1.165, 1.54) is 37.7 Å². The third-order valence-electron chi connectivity index (χ3n) is 5.88. The van der Waals surface area contributed by atoms with E-state index in [-0.39, 0.29) is 0 Å². The molecule has 0 N–H and O–H groups in total. The van der Waals surface area contributed by atoms with Crippen molar-refractivity contribution in [2.75, 3.05) is 26.2 Å². The standard InChI is InChI=1S/C24H26N2O5S2/c1-23(2)24(32-19(25-23)15-9-7-6-8-10-15)18(21(27)30-4)26(20(33-24)22(28)31-5)16-11-13-17(29-3)14-12-16/h6-14,18,20H,1-5H3/t18-,20-,24-/m0/s1. The zero-order valence-electron chi connectivity index (χ0n) is 19.1. The van der Waals surface area contributed by atoms with E-state index in [1.54, 1.807) is 24.1 Å². The summed E-state index contributed by atoms with van der Waals surface area (Å²) in [7, 11) is 4.31. The van der Waals surface area contributed by atoms with Gasteiger partial charge in [-0.1, -0.05) is 42.1 Å². The van der Waals surface area contributed by atoms with Crippen molar-refractivity contribution in [3.8, 4) is 5.75 Å². The summed E-state index contributed by atoms with van der Waals surface area (Å²) in [6.45, 7) is 3.98. The van der Waals surface area contributed by atoms with E-state index in [0.29, 0.717) is 11.4 Å². The highest BCUT2D eigenvalue weighted by Crippen LogP contribution is 2.63. The number of ether oxygens (including phenoxy) is 3. The number of esters is 2. The fraction of sp³-hybridized carbons (Fsp3) is 0.375. The highest BCUT2D eigenvalue weighted by molar-refractivity contribution is 8.27. The summed E-state index contributed by atoms with van der Waals surface area (Å²) in [6, 6.07) is 16.3. The first-order valence-electron chi connectivity index (χ1n) is 10.4. The number of nitrogens with zero attached hydrogens (tertiary/aromatic N) is 2. The quantitative estimate of drug-likeness (QED) is 0.588. The number of methoxy groups -OCH3 is 3. The second-order valence-electron chi connectivity index (χ2n) is 8.14. The van der Waals surface area contributed by atoms with Crippen LogP contribution in [-0.2, 0) is 19.1 Å². The third kappa shape index (κ3) is 3.87. The van der Waals surface area contributed by atoms with E-state index in [4.69, 9.17) is 19.2 Å². The third-order valence-corrected chi connectivity index (χ3v) is 9.68. The Kier molecular flexibility index (Phi) is 6.37. The number of carbonyl (C=O) groups excluding carboxylic acids is 2. The molecule has 2 aromatic rings. The molecule has 174 valence electrons. The molecular formula is C24H26N2O5S2. The molecule has 33 heavy (non-hydrogen) atoms. The van der Waals surface area contributed by atoms with Crippen LogP contribution in [-0.4, -0.2) is 59.3 Å². The zero-order valence-corrected chi connectivity index (χ0v) is 20.7. The number of rotatable bonds is 5. The first-order valence-corrected chi connectivity index (χ1v) is 12.1. The van der Waals surface area contributed by atoms with Gasteiger partial charge in [0.05, 0.1) is 31.9 Å². The summed E-state index contributed by atoms with van der Waals surface area (Å²) in [5, 5.41) is 0.0618. The number of thioether (sulfide) groups is 2. The van der Waals surface area contributed by atoms with Gasteiger partial charge in [-0.3, -0.25) is 4.99 Å². The molecule has 1 fully saturated rings. The van der Waals surface area contributed by atoms with Crippen molar-refractivity contribution in [2.24, 2.45) is 4.99 Å². The van der Waals surface area contributed by atoms with E-state index in [0.717, 1.165) is 10.6 Å². The van der Waals surface area contributed by atoms with Crippen LogP contribution in [0.5, 0.6) is 5.75 Å². The first kappa shape index (κ1) is 23.5. The van der Waals surface area contributed by atoms with Crippen LogP contribution in [0.1, 0.15) is 19.4 Å². The van der Waals surface area contributed by atoms with Gasteiger partial charge >= 0.3 is 11.9 Å². The number of carbonyl (C=O) groups is 2. The van der Waals surface area contributed by atoms with Gasteiger partial charge in [0.15, 0.2) is 11.4 Å². The Morgan fingerprint density at radius 3 is 2.15 bits per heavy atom. The van der Waals surface area contributed by atoms with Gasteiger partial charge in [0.25, 0.3) is 0 Å². The lowest BCUT2D eigenvalue weighted by molar-refractivity contribution is -0.143. The lowest BCUT2D eigenvalue weighted by Crippen LogP contribution is -2.56. The van der Waals surface area contributed by atoms with Crippen LogP contribution < -0.4 is 9.64 Å². The van der Waals surface area contributed by atoms with Gasteiger partial charge in [-0.15, -0.1) is 11.8 Å². The molecule has 0 radical (unpaired) electrons. The van der Waals surface area contributed by atoms with Crippen LogP contribution in [0.25, 0.3) is 0 Å². The maximum Gasteiger partial charge on any atom is 0.339 e. The summed E-state index contributed by atoms with van der Waals surface area (Å²) in [5.41, 5.74) is 0.963. The topological polar surface area (TPSA) is 77.4 Å². The van der Waals surface area contributed by atoms with Gasteiger partial charge in [0.2, 0.25) is 0 Å². The van der Waals surface area contributed by atoms with E-state index >= 15 is 0 Å². The molecule has 4 rings (SSSR count). The predicted molar refractivity (Wildman–Crippen MR) is 132 cm³/mol. The molecule has 2 aromatic carbocycles. The molecule has 1 saturated heterocycles. The predicted octanol–water partition coefficient (Wildman–Crippen LogP) is 3.96. The Labute approximate surface area is 201 Å². The van der Waals surface area contributed by atoms with Crippen molar-refractivity contribution in [3.05, 3.63) is 60.2 Å². The Balaban J connectivity index is 1.85. The molecule has 0 aliphatic carbocycles. The molecule has 0 aromatic heterocycles. The van der Waals surface area contributed by atoms with Crippen molar-refractivity contribution in [2.45, 2.75) is 34.9 Å². The van der Waals surface area contributed by atoms with E-state index < -0.39 is 33.0 Å². The summed E-state index contributed by atoms with van der Waals surface area (Å²) in [5.74, 6) is -0.198. The number of benzene rings is 2. The molecule has 0 unspecified atom stereocenters.